The standard InChI is InChI=1S/C12H16N3O/c1-13-9-6-4-5-8-7-10(14-2)12(15-3)16-11(8)9/h4-5,7,12-15H,1-3H3. The summed E-state index contributed by atoms with van der Waals surface area (Å²) in [4.78, 5) is 0. The van der Waals surface area contributed by atoms with E-state index in [0.717, 1.165) is 22.7 Å². The lowest BCUT2D eigenvalue weighted by Gasteiger charge is -2.27. The van der Waals surface area contributed by atoms with Crippen LogP contribution in [0.3, 0.4) is 0 Å². The molecule has 1 unspecified atom stereocenters. The maximum absolute atomic E-state index is 5.87. The third-order valence-electron chi connectivity index (χ3n) is 2.61. The first-order valence-corrected chi connectivity index (χ1v) is 5.26. The second-order valence-corrected chi connectivity index (χ2v) is 3.52. The first-order valence-electron chi connectivity index (χ1n) is 5.26. The predicted octanol–water partition coefficient (Wildman–Crippen LogP) is 1.03. The number of ether oxygens (including phenoxy) is 1. The molecule has 16 heavy (non-hydrogen) atoms. The molecule has 0 aromatic heterocycles. The quantitative estimate of drug-likeness (QED) is 0.709. The Morgan fingerprint density at radius 3 is 2.69 bits per heavy atom. The van der Waals surface area contributed by atoms with Crippen molar-refractivity contribution in [1.82, 2.24) is 10.6 Å². The van der Waals surface area contributed by atoms with E-state index in [1.807, 2.05) is 33.3 Å². The van der Waals surface area contributed by atoms with Gasteiger partial charge in [0.25, 0.3) is 0 Å². The Kier molecular flexibility index (Phi) is 3.01. The molecular formula is C12H16N3O. The maximum Gasteiger partial charge on any atom is 0.190 e. The molecule has 0 spiro atoms. The Balaban J connectivity index is 2.46. The molecule has 0 amide bonds. The van der Waals surface area contributed by atoms with Gasteiger partial charge in [-0.05, 0) is 13.1 Å². The fraction of sp³-hybridized carbons (Fsp3) is 0.333. The second kappa shape index (κ2) is 4.45. The summed E-state index contributed by atoms with van der Waals surface area (Å²) in [6.07, 6.45) is 1.94. The molecule has 3 N–H and O–H groups in total. The largest absolute Gasteiger partial charge is 0.467 e. The number of nitrogens with one attached hydrogen (secondary N) is 3. The van der Waals surface area contributed by atoms with E-state index in [1.54, 1.807) is 0 Å². The van der Waals surface area contributed by atoms with Crippen molar-refractivity contribution in [3.63, 3.8) is 0 Å². The lowest BCUT2D eigenvalue weighted by Crippen LogP contribution is -2.39. The average molecular weight is 218 g/mol. The molecule has 1 atom stereocenters. The highest BCUT2D eigenvalue weighted by molar-refractivity contribution is 5.71. The Morgan fingerprint density at radius 1 is 1.25 bits per heavy atom. The number of hydrogen-bond donors (Lipinski definition) is 3. The van der Waals surface area contributed by atoms with Gasteiger partial charge in [0.2, 0.25) is 0 Å². The van der Waals surface area contributed by atoms with Crippen LogP contribution >= 0.6 is 0 Å². The highest BCUT2D eigenvalue weighted by Gasteiger charge is 2.22. The molecule has 1 aliphatic rings. The summed E-state index contributed by atoms with van der Waals surface area (Å²) in [6.45, 7) is 0. The van der Waals surface area contributed by atoms with Crippen LogP contribution in [0.15, 0.2) is 17.8 Å². The molecule has 0 aliphatic carbocycles. The van der Waals surface area contributed by atoms with Gasteiger partial charge in [0, 0.05) is 25.7 Å². The molecule has 4 heteroatoms. The molecule has 1 aromatic carbocycles. The van der Waals surface area contributed by atoms with Crippen molar-refractivity contribution < 1.29 is 4.74 Å². The van der Waals surface area contributed by atoms with E-state index in [0.29, 0.717) is 0 Å². The topological polar surface area (TPSA) is 45.3 Å². The summed E-state index contributed by atoms with van der Waals surface area (Å²) < 4.78 is 5.87. The molecule has 0 saturated heterocycles. The van der Waals surface area contributed by atoms with E-state index < -0.39 is 0 Å². The molecular weight excluding hydrogens is 202 g/mol. The van der Waals surface area contributed by atoms with E-state index >= 15 is 0 Å². The van der Waals surface area contributed by atoms with Crippen LogP contribution < -0.4 is 20.7 Å². The normalized spacial score (nSPS) is 18.2. The maximum atomic E-state index is 5.87. The SMILES string of the molecule is CNC1=Cc2cc[c]c(NC)c2OC1NC. The fourth-order valence-electron chi connectivity index (χ4n) is 1.77. The summed E-state index contributed by atoms with van der Waals surface area (Å²) in [6, 6.07) is 6.98. The number of benzene rings is 1. The molecule has 2 rings (SSSR count). The zero-order valence-electron chi connectivity index (χ0n) is 9.72. The highest BCUT2D eigenvalue weighted by Crippen LogP contribution is 2.34. The smallest absolute Gasteiger partial charge is 0.190 e. The highest BCUT2D eigenvalue weighted by atomic mass is 16.5. The van der Waals surface area contributed by atoms with Crippen LogP contribution in [0.5, 0.6) is 5.75 Å². The summed E-state index contributed by atoms with van der Waals surface area (Å²) in [5.74, 6) is 0.836. The van der Waals surface area contributed by atoms with Gasteiger partial charge in [-0.2, -0.15) is 0 Å². The number of hydrogen-bond acceptors (Lipinski definition) is 4. The molecule has 1 heterocycles. The van der Waals surface area contributed by atoms with Gasteiger partial charge in [-0.25, -0.2) is 0 Å². The predicted molar refractivity (Wildman–Crippen MR) is 65.3 cm³/mol. The zero-order valence-corrected chi connectivity index (χ0v) is 9.72. The van der Waals surface area contributed by atoms with E-state index in [2.05, 4.69) is 28.1 Å². The van der Waals surface area contributed by atoms with Crippen molar-refractivity contribution in [2.75, 3.05) is 26.5 Å². The minimum Gasteiger partial charge on any atom is -0.467 e. The molecule has 0 saturated carbocycles. The van der Waals surface area contributed by atoms with Crippen molar-refractivity contribution in [2.45, 2.75) is 6.23 Å². The van der Waals surface area contributed by atoms with E-state index in [-0.39, 0.29) is 6.23 Å². The van der Waals surface area contributed by atoms with Crippen LogP contribution in [-0.2, 0) is 0 Å². The van der Waals surface area contributed by atoms with E-state index in [4.69, 9.17) is 4.74 Å². The van der Waals surface area contributed by atoms with Gasteiger partial charge in [-0.3, -0.25) is 5.32 Å². The third kappa shape index (κ3) is 1.72. The molecule has 1 radical (unpaired) electrons. The van der Waals surface area contributed by atoms with Crippen LogP contribution in [0.2, 0.25) is 0 Å². The number of likely N-dealkylation sites (N-methyl/N-ethyl adjacent to an activating group) is 2. The summed E-state index contributed by atoms with van der Waals surface area (Å²) >= 11 is 0. The summed E-state index contributed by atoms with van der Waals surface area (Å²) in [5, 5.41) is 9.30. The zero-order chi connectivity index (χ0) is 11.5. The van der Waals surface area contributed by atoms with Crippen molar-refractivity contribution in [3.8, 4) is 5.75 Å². The van der Waals surface area contributed by atoms with Crippen molar-refractivity contribution in [3.05, 3.63) is 29.5 Å². The van der Waals surface area contributed by atoms with Crippen LogP contribution in [0.25, 0.3) is 6.08 Å². The van der Waals surface area contributed by atoms with Crippen LogP contribution in [-0.4, -0.2) is 27.4 Å². The van der Waals surface area contributed by atoms with Gasteiger partial charge in [0.1, 0.15) is 0 Å². The lowest BCUT2D eigenvalue weighted by atomic mass is 10.1. The molecule has 4 nitrogen and oxygen atoms in total. The van der Waals surface area contributed by atoms with Gasteiger partial charge in [0.05, 0.1) is 11.4 Å². The average Bonchev–Trinajstić information content (AvgIpc) is 2.36. The summed E-state index contributed by atoms with van der Waals surface area (Å²) in [5.41, 5.74) is 2.95. The minimum absolute atomic E-state index is 0.139. The second-order valence-electron chi connectivity index (χ2n) is 3.52. The lowest BCUT2D eigenvalue weighted by molar-refractivity contribution is 0.200. The molecule has 0 bridgehead atoms. The molecule has 0 fully saturated rings. The monoisotopic (exact) mass is 218 g/mol. The van der Waals surface area contributed by atoms with Crippen molar-refractivity contribution in [1.29, 1.82) is 0 Å². The molecule has 1 aromatic rings. The molecule has 1 aliphatic heterocycles. The Labute approximate surface area is 95.7 Å². The van der Waals surface area contributed by atoms with Gasteiger partial charge in [0.15, 0.2) is 12.0 Å². The van der Waals surface area contributed by atoms with Crippen LogP contribution in [0.4, 0.5) is 5.69 Å². The number of fused-ring (bicyclic) bond motifs is 1. The van der Waals surface area contributed by atoms with E-state index in [9.17, 15) is 0 Å². The molecule has 85 valence electrons. The number of rotatable bonds is 3. The van der Waals surface area contributed by atoms with Gasteiger partial charge in [-0.15, -0.1) is 0 Å². The summed E-state index contributed by atoms with van der Waals surface area (Å²) in [7, 11) is 5.62. The van der Waals surface area contributed by atoms with Gasteiger partial charge < -0.3 is 15.4 Å². The first-order chi connectivity index (χ1) is 7.80. The van der Waals surface area contributed by atoms with Gasteiger partial charge >= 0.3 is 0 Å². The van der Waals surface area contributed by atoms with Crippen molar-refractivity contribution in [2.24, 2.45) is 0 Å². The van der Waals surface area contributed by atoms with E-state index in [1.165, 1.54) is 0 Å². The first kappa shape index (κ1) is 10.8. The minimum atomic E-state index is -0.139. The van der Waals surface area contributed by atoms with Crippen LogP contribution in [0.1, 0.15) is 5.56 Å². The van der Waals surface area contributed by atoms with Crippen LogP contribution in [0, 0.1) is 6.07 Å². The Bertz CT molecular complexity index is 415. The number of anilines is 1. The fourth-order valence-corrected chi connectivity index (χ4v) is 1.77. The Hall–Kier alpha value is -1.68. The van der Waals surface area contributed by atoms with Crippen molar-refractivity contribution >= 4 is 11.8 Å². The van der Waals surface area contributed by atoms with Gasteiger partial charge in [-0.1, -0.05) is 12.1 Å². The Morgan fingerprint density at radius 2 is 2.06 bits per heavy atom. The third-order valence-corrected chi connectivity index (χ3v) is 2.61.